The second kappa shape index (κ2) is 12.3. The quantitative estimate of drug-likeness (QED) is 0.285. The van der Waals surface area contributed by atoms with E-state index in [1.165, 1.54) is 4.90 Å². The molecular formula is C32H35ClFN7O2. The summed E-state index contributed by atoms with van der Waals surface area (Å²) in [6.45, 7) is 14.6. The van der Waals surface area contributed by atoms with Crippen LogP contribution in [0.5, 0.6) is 6.01 Å². The minimum absolute atomic E-state index is 0.0653. The molecule has 2 atom stereocenters. The summed E-state index contributed by atoms with van der Waals surface area (Å²) in [6, 6.07) is 12.3. The normalized spacial score (nSPS) is 20.7. The second-order valence-corrected chi connectivity index (χ2v) is 11.9. The van der Waals surface area contributed by atoms with Crippen molar-refractivity contribution in [3.05, 3.63) is 76.5 Å². The molecular weight excluding hydrogens is 569 g/mol. The van der Waals surface area contributed by atoms with Crippen LogP contribution in [0.2, 0.25) is 5.02 Å². The van der Waals surface area contributed by atoms with Crippen LogP contribution in [-0.4, -0.2) is 90.7 Å². The molecule has 0 bridgehead atoms. The smallest absolute Gasteiger partial charge is 0.318 e. The van der Waals surface area contributed by atoms with Crippen LogP contribution in [0, 0.1) is 6.57 Å². The summed E-state index contributed by atoms with van der Waals surface area (Å²) < 4.78 is 20.0. The van der Waals surface area contributed by atoms with E-state index in [1.54, 1.807) is 0 Å². The predicted molar refractivity (Wildman–Crippen MR) is 166 cm³/mol. The number of ether oxygens (including phenoxy) is 1. The molecule has 2 aromatic carbocycles. The lowest BCUT2D eigenvalue weighted by Crippen LogP contribution is -2.57. The summed E-state index contributed by atoms with van der Waals surface area (Å²) in [7, 11) is 2.11. The lowest BCUT2D eigenvalue weighted by molar-refractivity contribution is -0.131. The van der Waals surface area contributed by atoms with Crippen molar-refractivity contribution in [3.8, 4) is 6.01 Å². The first-order valence-electron chi connectivity index (χ1n) is 14.7. The molecule has 0 spiro atoms. The molecule has 6 rings (SSSR count). The van der Waals surface area contributed by atoms with Crippen LogP contribution in [0.3, 0.4) is 0 Å². The third-order valence-electron chi connectivity index (χ3n) is 8.85. The highest BCUT2D eigenvalue weighted by atomic mass is 35.5. The number of piperazine rings is 1. The highest BCUT2D eigenvalue weighted by molar-refractivity contribution is 6.36. The van der Waals surface area contributed by atoms with Gasteiger partial charge in [0.15, 0.2) is 5.83 Å². The van der Waals surface area contributed by atoms with Gasteiger partial charge in [-0.25, -0.2) is 11.0 Å². The maximum Gasteiger partial charge on any atom is 0.318 e. The first-order chi connectivity index (χ1) is 20.8. The molecule has 9 nitrogen and oxygen atoms in total. The summed E-state index contributed by atoms with van der Waals surface area (Å²) in [5.74, 6) is -1.01. The summed E-state index contributed by atoms with van der Waals surface area (Å²) in [5.41, 5.74) is 2.97. The van der Waals surface area contributed by atoms with E-state index >= 15 is 0 Å². The van der Waals surface area contributed by atoms with Crippen molar-refractivity contribution in [2.45, 2.75) is 37.9 Å². The van der Waals surface area contributed by atoms with Crippen LogP contribution in [0.1, 0.15) is 24.1 Å². The molecule has 1 amide bonds. The number of nitrogens with zero attached hydrogens (tertiary/aromatic N) is 7. The van der Waals surface area contributed by atoms with Gasteiger partial charge in [-0.2, -0.15) is 9.97 Å². The number of anilines is 2. The molecule has 0 unspecified atom stereocenters. The Morgan fingerprint density at radius 2 is 1.95 bits per heavy atom. The molecule has 43 heavy (non-hydrogen) atoms. The van der Waals surface area contributed by atoms with Crippen molar-refractivity contribution < 1.29 is 13.9 Å². The van der Waals surface area contributed by atoms with Gasteiger partial charge in [-0.05, 0) is 50.4 Å². The minimum atomic E-state index is -1.01. The number of likely N-dealkylation sites (N-methyl/N-ethyl adjacent to an activating group) is 1. The molecule has 2 saturated heterocycles. The number of rotatable bonds is 7. The van der Waals surface area contributed by atoms with E-state index in [-0.39, 0.29) is 13.1 Å². The van der Waals surface area contributed by atoms with Crippen LogP contribution in [0.25, 0.3) is 15.6 Å². The van der Waals surface area contributed by atoms with Gasteiger partial charge >= 0.3 is 6.01 Å². The summed E-state index contributed by atoms with van der Waals surface area (Å²) in [6.07, 6.45) is 2.91. The van der Waals surface area contributed by atoms with E-state index in [9.17, 15) is 9.18 Å². The number of fused-ring (bicyclic) bond motifs is 2. The van der Waals surface area contributed by atoms with E-state index < -0.39 is 17.8 Å². The molecule has 0 aliphatic carbocycles. The zero-order valence-electron chi connectivity index (χ0n) is 24.3. The van der Waals surface area contributed by atoms with Gasteiger partial charge in [-0.1, -0.05) is 42.4 Å². The monoisotopic (exact) mass is 603 g/mol. The molecule has 3 aliphatic rings. The molecule has 0 saturated carbocycles. The maximum atomic E-state index is 13.8. The summed E-state index contributed by atoms with van der Waals surface area (Å²) in [4.78, 5) is 34.0. The highest BCUT2D eigenvalue weighted by Gasteiger charge is 2.36. The number of carbonyl (C=O) groups is 1. The van der Waals surface area contributed by atoms with Crippen molar-refractivity contribution in [2.75, 3.05) is 62.7 Å². The topological polar surface area (TPSA) is 69.4 Å². The van der Waals surface area contributed by atoms with Gasteiger partial charge in [0.05, 0.1) is 17.3 Å². The average Bonchev–Trinajstić information content (AvgIpc) is 3.43. The van der Waals surface area contributed by atoms with Crippen molar-refractivity contribution >= 4 is 39.8 Å². The number of halogens is 2. The maximum absolute atomic E-state index is 13.8. The Morgan fingerprint density at radius 1 is 1.14 bits per heavy atom. The number of carbonyl (C=O) groups excluding carboxylic acids is 1. The SMILES string of the molecule is [C-]#[N+]C[C@@H]1CN(c2nc(OC[C@@H]3CCCN3C)nc3c2CCN(c2cccc4cccc(Cl)c24)C3)CCN1C(=O)C(=C)F. The predicted octanol–water partition coefficient (Wildman–Crippen LogP) is 4.74. The third kappa shape index (κ3) is 5.84. The second-order valence-electron chi connectivity index (χ2n) is 11.5. The van der Waals surface area contributed by atoms with Gasteiger partial charge in [0, 0.05) is 48.9 Å². The zero-order valence-corrected chi connectivity index (χ0v) is 25.1. The van der Waals surface area contributed by atoms with Gasteiger partial charge < -0.3 is 29.2 Å². The minimum Gasteiger partial charge on any atom is -0.462 e. The van der Waals surface area contributed by atoms with E-state index in [0.717, 1.165) is 59.5 Å². The van der Waals surface area contributed by atoms with E-state index in [2.05, 4.69) is 51.4 Å². The number of aromatic nitrogens is 2. The first kappa shape index (κ1) is 29.1. The summed E-state index contributed by atoms with van der Waals surface area (Å²) >= 11 is 6.68. The molecule has 3 aliphatic heterocycles. The van der Waals surface area contributed by atoms with Crippen molar-refractivity contribution in [3.63, 3.8) is 0 Å². The molecule has 2 fully saturated rings. The van der Waals surface area contributed by atoms with Crippen molar-refractivity contribution in [1.29, 1.82) is 0 Å². The van der Waals surface area contributed by atoms with Crippen LogP contribution in [0.15, 0.2) is 48.8 Å². The Labute approximate surface area is 256 Å². The van der Waals surface area contributed by atoms with Gasteiger partial charge in [0.2, 0.25) is 6.54 Å². The Balaban J connectivity index is 1.34. The van der Waals surface area contributed by atoms with Gasteiger partial charge in [-0.15, -0.1) is 0 Å². The molecule has 0 radical (unpaired) electrons. The standard InChI is InChI=1S/C32H35ClFN7O2/c1-21(34)31(42)41-16-15-40(18-24(41)17-35-2)30-25-12-14-39(28-11-5-8-22-7-4-10-26(33)29(22)28)19-27(25)36-32(37-30)43-20-23-9-6-13-38(23)3/h4-5,7-8,10-11,23-24H,1,6,9,12-20H2,3H3/t23-,24+/m0/s1. The largest absolute Gasteiger partial charge is 0.462 e. The van der Waals surface area contributed by atoms with Gasteiger partial charge in [-0.3, -0.25) is 4.79 Å². The molecule has 3 aromatic rings. The molecule has 4 heterocycles. The number of likely N-dealkylation sites (tertiary alicyclic amines) is 1. The average molecular weight is 604 g/mol. The zero-order chi connectivity index (χ0) is 30.1. The van der Waals surface area contributed by atoms with E-state index in [0.29, 0.717) is 49.7 Å². The lowest BCUT2D eigenvalue weighted by atomic mass is 10.0. The fraction of sp³-hybridized carbons (Fsp3) is 0.438. The van der Waals surface area contributed by atoms with Gasteiger partial charge in [0.1, 0.15) is 18.5 Å². The fourth-order valence-electron chi connectivity index (χ4n) is 6.55. The van der Waals surface area contributed by atoms with Crippen LogP contribution >= 0.6 is 11.6 Å². The number of amides is 1. The molecule has 1 aromatic heterocycles. The van der Waals surface area contributed by atoms with E-state index in [4.69, 9.17) is 32.9 Å². The number of benzene rings is 2. The Morgan fingerprint density at radius 3 is 2.70 bits per heavy atom. The van der Waals surface area contributed by atoms with E-state index in [1.807, 2.05) is 18.2 Å². The number of hydrogen-bond acceptors (Lipinski definition) is 7. The lowest BCUT2D eigenvalue weighted by Gasteiger charge is -2.41. The van der Waals surface area contributed by atoms with Crippen LogP contribution in [0.4, 0.5) is 15.9 Å². The van der Waals surface area contributed by atoms with Crippen LogP contribution in [-0.2, 0) is 17.8 Å². The molecule has 0 N–H and O–H groups in total. The highest BCUT2D eigenvalue weighted by Crippen LogP contribution is 2.37. The Hall–Kier alpha value is -3.94. The molecule has 224 valence electrons. The first-order valence-corrected chi connectivity index (χ1v) is 15.1. The number of hydrogen-bond donors (Lipinski definition) is 0. The van der Waals surface area contributed by atoms with Crippen molar-refractivity contribution in [1.82, 2.24) is 19.8 Å². The Kier molecular flexibility index (Phi) is 8.37. The third-order valence-corrected chi connectivity index (χ3v) is 9.16. The van der Waals surface area contributed by atoms with Crippen molar-refractivity contribution in [2.24, 2.45) is 0 Å². The summed E-state index contributed by atoms with van der Waals surface area (Å²) in [5, 5.41) is 2.81. The van der Waals surface area contributed by atoms with Crippen LogP contribution < -0.4 is 14.5 Å². The van der Waals surface area contributed by atoms with Gasteiger partial charge in [0.25, 0.3) is 5.91 Å². The molecule has 11 heteroatoms. The Bertz CT molecular complexity index is 1590. The fourth-order valence-corrected chi connectivity index (χ4v) is 6.83.